The van der Waals surface area contributed by atoms with Gasteiger partial charge in [-0.25, -0.2) is 4.68 Å². The van der Waals surface area contributed by atoms with Crippen LogP contribution in [0.1, 0.15) is 11.3 Å². The van der Waals surface area contributed by atoms with Gasteiger partial charge in [-0.3, -0.25) is 0 Å². The number of nitrogens with two attached hydrogens (primary N) is 1. The largest absolute Gasteiger partial charge is 0.495 e. The third-order valence-corrected chi connectivity index (χ3v) is 2.88. The van der Waals surface area contributed by atoms with Crippen LogP contribution in [0.3, 0.4) is 0 Å². The van der Waals surface area contributed by atoms with Crippen molar-refractivity contribution in [2.45, 2.75) is 6.92 Å². The zero-order chi connectivity index (χ0) is 13.3. The Hall–Kier alpha value is -2.19. The van der Waals surface area contributed by atoms with Gasteiger partial charge in [0.15, 0.2) is 0 Å². The van der Waals surface area contributed by atoms with E-state index < -0.39 is 0 Å². The first-order valence-corrected chi connectivity index (χ1v) is 5.55. The Morgan fingerprint density at radius 2 is 2.22 bits per heavy atom. The van der Waals surface area contributed by atoms with Crippen LogP contribution in [0.25, 0.3) is 5.69 Å². The van der Waals surface area contributed by atoms with Crippen molar-refractivity contribution in [1.29, 1.82) is 5.26 Å². The number of aromatic nitrogens is 2. The van der Waals surface area contributed by atoms with E-state index in [0.29, 0.717) is 33.5 Å². The van der Waals surface area contributed by atoms with Crippen LogP contribution in [-0.2, 0) is 0 Å². The molecule has 1 heterocycles. The van der Waals surface area contributed by atoms with Gasteiger partial charge in [0, 0.05) is 0 Å². The number of hydrogen-bond acceptors (Lipinski definition) is 4. The average Bonchev–Trinajstić information content (AvgIpc) is 2.64. The number of methoxy groups -OCH3 is 1. The molecule has 2 rings (SSSR count). The molecule has 1 aromatic carbocycles. The summed E-state index contributed by atoms with van der Waals surface area (Å²) < 4.78 is 6.56. The summed E-state index contributed by atoms with van der Waals surface area (Å²) in [6, 6.07) is 7.20. The van der Waals surface area contributed by atoms with Gasteiger partial charge in [0.25, 0.3) is 0 Å². The molecule has 0 bridgehead atoms. The molecule has 0 spiro atoms. The predicted octanol–water partition coefficient (Wildman–Crippen LogP) is 2.30. The van der Waals surface area contributed by atoms with E-state index in [4.69, 9.17) is 27.3 Å². The molecule has 0 saturated heterocycles. The van der Waals surface area contributed by atoms with Gasteiger partial charge in [-0.05, 0) is 25.1 Å². The van der Waals surface area contributed by atoms with Crippen molar-refractivity contribution in [3.05, 3.63) is 34.5 Å². The van der Waals surface area contributed by atoms with Crippen LogP contribution in [0.15, 0.2) is 18.2 Å². The lowest BCUT2D eigenvalue weighted by Gasteiger charge is -2.07. The number of nitrogens with zero attached hydrogens (tertiary/aromatic N) is 3. The lowest BCUT2D eigenvalue weighted by Crippen LogP contribution is -2.02. The second kappa shape index (κ2) is 4.59. The van der Waals surface area contributed by atoms with Crippen molar-refractivity contribution >= 4 is 17.4 Å². The Labute approximate surface area is 109 Å². The number of ether oxygens (including phenoxy) is 1. The zero-order valence-electron chi connectivity index (χ0n) is 9.94. The first-order chi connectivity index (χ1) is 8.58. The van der Waals surface area contributed by atoms with Crippen LogP contribution in [0.4, 0.5) is 5.82 Å². The number of benzene rings is 1. The minimum atomic E-state index is 0.302. The highest BCUT2D eigenvalue weighted by molar-refractivity contribution is 6.32. The Morgan fingerprint density at radius 1 is 1.50 bits per heavy atom. The lowest BCUT2D eigenvalue weighted by atomic mass is 10.2. The molecule has 0 aliphatic carbocycles. The van der Waals surface area contributed by atoms with Crippen LogP contribution in [0.2, 0.25) is 5.02 Å². The number of anilines is 1. The molecule has 1 aromatic heterocycles. The Morgan fingerprint density at radius 3 is 2.72 bits per heavy atom. The number of nitriles is 1. The number of rotatable bonds is 2. The smallest absolute Gasteiger partial charge is 0.145 e. The molecular formula is C12H11ClN4O. The zero-order valence-corrected chi connectivity index (χ0v) is 10.7. The second-order valence-corrected chi connectivity index (χ2v) is 4.10. The molecule has 5 nitrogen and oxygen atoms in total. The maximum absolute atomic E-state index is 8.97. The Balaban J connectivity index is 2.57. The molecular weight excluding hydrogens is 252 g/mol. The summed E-state index contributed by atoms with van der Waals surface area (Å²) >= 11 is 6.04. The van der Waals surface area contributed by atoms with Gasteiger partial charge in [0.2, 0.25) is 0 Å². The minimum absolute atomic E-state index is 0.302. The van der Waals surface area contributed by atoms with Gasteiger partial charge in [0.1, 0.15) is 23.2 Å². The van der Waals surface area contributed by atoms with Gasteiger partial charge < -0.3 is 10.5 Å². The van der Waals surface area contributed by atoms with Crippen molar-refractivity contribution in [2.75, 3.05) is 12.8 Å². The first-order valence-electron chi connectivity index (χ1n) is 5.17. The minimum Gasteiger partial charge on any atom is -0.495 e. The number of halogens is 1. The number of nitrogen functional groups attached to an aromatic ring is 1. The third-order valence-electron chi connectivity index (χ3n) is 2.59. The highest BCUT2D eigenvalue weighted by Crippen LogP contribution is 2.28. The summed E-state index contributed by atoms with van der Waals surface area (Å²) in [7, 11) is 1.54. The molecule has 0 saturated carbocycles. The van der Waals surface area contributed by atoms with Crippen LogP contribution in [0, 0.1) is 18.3 Å². The van der Waals surface area contributed by atoms with Gasteiger partial charge >= 0.3 is 0 Å². The standard InChI is InChI=1S/C12H11ClN4O/c1-7-9(6-14)12(15)17(16-7)8-3-4-11(18-2)10(13)5-8/h3-5H,15H2,1-2H3. The van der Waals surface area contributed by atoms with E-state index >= 15 is 0 Å². The molecule has 0 radical (unpaired) electrons. The maximum Gasteiger partial charge on any atom is 0.145 e. The summed E-state index contributed by atoms with van der Waals surface area (Å²) in [5, 5.41) is 13.6. The fourth-order valence-electron chi connectivity index (χ4n) is 1.67. The monoisotopic (exact) mass is 262 g/mol. The first kappa shape index (κ1) is 12.3. The van der Waals surface area contributed by atoms with Crippen molar-refractivity contribution < 1.29 is 4.74 Å². The van der Waals surface area contributed by atoms with Crippen molar-refractivity contribution in [1.82, 2.24) is 9.78 Å². The summed E-state index contributed by atoms with van der Waals surface area (Å²) in [6.45, 7) is 1.73. The average molecular weight is 263 g/mol. The highest BCUT2D eigenvalue weighted by atomic mass is 35.5. The molecule has 0 aliphatic rings. The van der Waals surface area contributed by atoms with Crippen molar-refractivity contribution in [2.24, 2.45) is 0 Å². The van der Waals surface area contributed by atoms with E-state index in [1.807, 2.05) is 6.07 Å². The SMILES string of the molecule is COc1ccc(-n2nc(C)c(C#N)c2N)cc1Cl. The van der Waals surface area contributed by atoms with E-state index in [-0.39, 0.29) is 0 Å². The van der Waals surface area contributed by atoms with Gasteiger partial charge in [-0.2, -0.15) is 10.4 Å². The van der Waals surface area contributed by atoms with Crippen molar-refractivity contribution in [3.8, 4) is 17.5 Å². The molecule has 2 aromatic rings. The molecule has 0 amide bonds. The van der Waals surface area contributed by atoms with E-state index in [1.54, 1.807) is 32.2 Å². The van der Waals surface area contributed by atoms with E-state index in [1.165, 1.54) is 4.68 Å². The number of aryl methyl sites for hydroxylation is 1. The van der Waals surface area contributed by atoms with Crippen LogP contribution < -0.4 is 10.5 Å². The maximum atomic E-state index is 8.97. The highest BCUT2D eigenvalue weighted by Gasteiger charge is 2.14. The van der Waals surface area contributed by atoms with Crippen LogP contribution in [0.5, 0.6) is 5.75 Å². The predicted molar refractivity (Wildman–Crippen MR) is 69.0 cm³/mol. The Kier molecular flexibility index (Phi) is 3.13. The number of hydrogen-bond donors (Lipinski definition) is 1. The molecule has 0 aliphatic heterocycles. The molecule has 0 fully saturated rings. The lowest BCUT2D eigenvalue weighted by molar-refractivity contribution is 0.415. The van der Waals surface area contributed by atoms with Gasteiger partial charge in [-0.1, -0.05) is 11.6 Å². The van der Waals surface area contributed by atoms with Crippen molar-refractivity contribution in [3.63, 3.8) is 0 Å². The summed E-state index contributed by atoms with van der Waals surface area (Å²) in [6.07, 6.45) is 0. The van der Waals surface area contributed by atoms with Crippen LogP contribution >= 0.6 is 11.6 Å². The third kappa shape index (κ3) is 1.87. The molecule has 0 atom stereocenters. The molecule has 6 heteroatoms. The second-order valence-electron chi connectivity index (χ2n) is 3.69. The molecule has 18 heavy (non-hydrogen) atoms. The molecule has 92 valence electrons. The topological polar surface area (TPSA) is 76.9 Å². The fourth-order valence-corrected chi connectivity index (χ4v) is 1.92. The van der Waals surface area contributed by atoms with E-state index in [0.717, 1.165) is 0 Å². The quantitative estimate of drug-likeness (QED) is 0.901. The molecule has 2 N–H and O–H groups in total. The molecule has 0 unspecified atom stereocenters. The van der Waals surface area contributed by atoms with E-state index in [2.05, 4.69) is 5.10 Å². The van der Waals surface area contributed by atoms with Gasteiger partial charge in [0.05, 0.1) is 23.5 Å². The Bertz CT molecular complexity index is 642. The van der Waals surface area contributed by atoms with Crippen LogP contribution in [-0.4, -0.2) is 16.9 Å². The van der Waals surface area contributed by atoms with Gasteiger partial charge in [-0.15, -0.1) is 0 Å². The normalized spacial score (nSPS) is 10.1. The van der Waals surface area contributed by atoms with E-state index in [9.17, 15) is 0 Å². The summed E-state index contributed by atoms with van der Waals surface area (Å²) in [5.41, 5.74) is 7.52. The summed E-state index contributed by atoms with van der Waals surface area (Å²) in [4.78, 5) is 0. The summed E-state index contributed by atoms with van der Waals surface area (Å²) in [5.74, 6) is 0.875. The fraction of sp³-hybridized carbons (Fsp3) is 0.167.